The molecule has 12 radical (unpaired) electrons. The van der Waals surface area contributed by atoms with Crippen LogP contribution < -0.4 is 4.72 Å². The number of hydrogen-bond acceptors (Lipinski definition) is 3. The van der Waals surface area contributed by atoms with E-state index in [-0.39, 0.29) is 18.5 Å². The minimum absolute atomic E-state index is 0.0273. The van der Waals surface area contributed by atoms with Crippen molar-refractivity contribution in [3.8, 4) is 11.1 Å². The minimum atomic E-state index is -3.69. The molecule has 178 valence electrons. The number of carbonyl (C=O) groups is 1. The van der Waals surface area contributed by atoms with E-state index in [1.807, 2.05) is 6.07 Å². The molecule has 2 aromatic carbocycles. The Bertz CT molecular complexity index is 1270. The van der Waals surface area contributed by atoms with Crippen LogP contribution in [0.2, 0.25) is 0 Å². The third kappa shape index (κ3) is 5.85. The molecule has 1 spiro atoms. The lowest BCUT2D eigenvalue weighted by Gasteiger charge is -2.50. The molecule has 0 unspecified atom stereocenters. The van der Waals surface area contributed by atoms with Crippen LogP contribution in [0, 0.1) is 11.2 Å². The summed E-state index contributed by atoms with van der Waals surface area (Å²) in [7, 11) is 31.0. The second kappa shape index (κ2) is 9.60. The summed E-state index contributed by atoms with van der Waals surface area (Å²) < 4.78 is 43.1. The van der Waals surface area contributed by atoms with Gasteiger partial charge in [0.25, 0.3) is 0 Å². The molecule has 37 heavy (non-hydrogen) atoms. The van der Waals surface area contributed by atoms with Crippen LogP contribution in [0.4, 0.5) is 9.18 Å². The van der Waals surface area contributed by atoms with Gasteiger partial charge in [0.1, 0.15) is 5.82 Å². The Hall–Kier alpha value is -2.06. The van der Waals surface area contributed by atoms with Gasteiger partial charge in [0.05, 0.1) is 59.4 Å². The fraction of sp³-hybridized carbons (Fsp3) is 0.435. The van der Waals surface area contributed by atoms with E-state index in [4.69, 9.17) is 47.1 Å². The van der Waals surface area contributed by atoms with Crippen LogP contribution in [0.1, 0.15) is 18.4 Å². The molecule has 2 atom stereocenters. The van der Waals surface area contributed by atoms with Crippen molar-refractivity contribution >= 4 is 63.1 Å². The Morgan fingerprint density at radius 2 is 1.65 bits per heavy atom. The lowest BCUT2D eigenvalue weighted by Crippen LogP contribution is -2.69. The van der Waals surface area contributed by atoms with Crippen LogP contribution in [-0.4, -0.2) is 107 Å². The highest BCUT2D eigenvalue weighted by molar-refractivity contribution is 7.88. The van der Waals surface area contributed by atoms with Gasteiger partial charge >= 0.3 is 6.03 Å². The van der Waals surface area contributed by atoms with Crippen molar-refractivity contribution in [2.24, 2.45) is 5.41 Å². The van der Waals surface area contributed by atoms with E-state index in [9.17, 15) is 13.2 Å². The van der Waals surface area contributed by atoms with Gasteiger partial charge < -0.3 is 9.80 Å². The summed E-state index contributed by atoms with van der Waals surface area (Å²) in [5.41, 5.74) is 0.769. The first-order valence-corrected chi connectivity index (χ1v) is 13.6. The van der Waals surface area contributed by atoms with E-state index < -0.39 is 49.8 Å². The van der Waals surface area contributed by atoms with Gasteiger partial charge in [-0.1, -0.05) is 59.0 Å². The van der Waals surface area contributed by atoms with Crippen LogP contribution in [-0.2, 0) is 16.4 Å². The monoisotopic (exact) mass is 505 g/mol. The quantitative estimate of drug-likeness (QED) is 0.543. The average Bonchev–Trinajstić information content (AvgIpc) is 3.48. The summed E-state index contributed by atoms with van der Waals surface area (Å²) in [4.78, 5) is 15.6. The summed E-state index contributed by atoms with van der Waals surface area (Å²) in [6.07, 6.45) is 2.29. The van der Waals surface area contributed by atoms with Gasteiger partial charge in [-0.05, 0) is 30.4 Å². The fourth-order valence-electron chi connectivity index (χ4n) is 5.24. The minimum Gasteiger partial charge on any atom is -0.364 e. The third-order valence-electron chi connectivity index (χ3n) is 6.97. The maximum atomic E-state index is 15.8. The summed E-state index contributed by atoms with van der Waals surface area (Å²) in [5.74, 6) is -0.482. The molecule has 4 rings (SSSR count). The van der Waals surface area contributed by atoms with Gasteiger partial charge in [-0.3, -0.25) is 0 Å². The van der Waals surface area contributed by atoms with Gasteiger partial charge in [0.15, 0.2) is 0 Å². The Balaban J connectivity index is 1.78. The molecular weight excluding hydrogens is 482 g/mol. The first-order valence-electron chi connectivity index (χ1n) is 11.7. The highest BCUT2D eigenvalue weighted by atomic mass is 32.2. The van der Waals surface area contributed by atoms with Crippen molar-refractivity contribution in [3.63, 3.8) is 0 Å². The smallest absolute Gasteiger partial charge is 0.317 e. The molecule has 1 N–H and O–H groups in total. The number of halogens is 1. The Kier molecular flexibility index (Phi) is 7.25. The van der Waals surface area contributed by atoms with Gasteiger partial charge in [-0.2, -0.15) is 0 Å². The number of nitrogens with zero attached hydrogens (tertiary/aromatic N) is 2. The van der Waals surface area contributed by atoms with Crippen LogP contribution in [0.5, 0.6) is 0 Å². The summed E-state index contributed by atoms with van der Waals surface area (Å²) in [6, 6.07) is 11.5. The number of carbonyl (C=O) groups excluding carboxylic acids is 1. The molecule has 1 aliphatic carbocycles. The van der Waals surface area contributed by atoms with E-state index in [2.05, 4.69) is 4.72 Å². The van der Waals surface area contributed by atoms with Gasteiger partial charge in [-0.15, -0.1) is 0 Å². The lowest BCUT2D eigenvalue weighted by atomic mass is 9.40. The van der Waals surface area contributed by atoms with Gasteiger partial charge in [0.2, 0.25) is 10.0 Å². The van der Waals surface area contributed by atoms with Crippen molar-refractivity contribution in [3.05, 3.63) is 59.9 Å². The van der Waals surface area contributed by atoms with Crippen molar-refractivity contribution in [1.29, 1.82) is 0 Å². The maximum absolute atomic E-state index is 15.8. The van der Waals surface area contributed by atoms with Crippen LogP contribution in [0.25, 0.3) is 11.1 Å². The van der Waals surface area contributed by atoms with E-state index >= 15 is 4.39 Å². The van der Waals surface area contributed by atoms with E-state index in [1.54, 1.807) is 42.5 Å². The zero-order valence-corrected chi connectivity index (χ0v) is 21.3. The molecule has 1 aliphatic heterocycles. The predicted octanol–water partition coefficient (Wildman–Crippen LogP) is 0.0730. The molecule has 14 heteroatoms. The highest BCUT2D eigenvalue weighted by Gasteiger charge is 2.62. The Morgan fingerprint density at radius 1 is 1.05 bits per heavy atom. The second-order valence-electron chi connectivity index (χ2n) is 10.2. The normalized spacial score (nSPS) is 21.2. The second-order valence-corrected chi connectivity index (χ2v) is 11.9. The van der Waals surface area contributed by atoms with Crippen molar-refractivity contribution < 1.29 is 17.6 Å². The van der Waals surface area contributed by atoms with Crippen molar-refractivity contribution in [2.75, 3.05) is 12.8 Å². The van der Waals surface area contributed by atoms with Crippen molar-refractivity contribution in [1.82, 2.24) is 14.5 Å². The van der Waals surface area contributed by atoms with Gasteiger partial charge in [-0.25, -0.2) is 22.3 Å². The molecular formula is C23H22B6FN3O3S. The third-order valence-corrected chi connectivity index (χ3v) is 7.65. The number of amides is 2. The number of hydrogen-bond donors (Lipinski definition) is 1. The summed E-state index contributed by atoms with van der Waals surface area (Å²) >= 11 is 0. The molecule has 2 aliphatic rings. The topological polar surface area (TPSA) is 69.7 Å². The SMILES string of the molecule is [B]C([B])([B])N(C(=O)N1CC2(CC2)[C@H](NS(C)(=O)=O)[C@@H]1Cc1cccc(-c2ccccc2)c1F)C([B])([B])[B]. The standard InChI is InChI=1S/C23H22B6FN3O3S/c1-37(35,36)31-19-17(12-15-8-5-9-16(18(15)30)14-6-3-2-4-7-14)32(13-21(19)10-11-21)20(34)33(22(24,25)26)23(27,28)29/h2-9,17,19,31H,10-13H2,1H3/t17-,19+/m0/s1. The lowest BCUT2D eigenvalue weighted by molar-refractivity contribution is 0.142. The molecule has 2 fully saturated rings. The van der Waals surface area contributed by atoms with E-state index in [0.717, 1.165) is 6.26 Å². The largest absolute Gasteiger partial charge is 0.364 e. The molecule has 0 aromatic heterocycles. The Labute approximate surface area is 226 Å². The van der Waals surface area contributed by atoms with Crippen LogP contribution >= 0.6 is 0 Å². The number of nitrogens with one attached hydrogen (secondary N) is 1. The molecule has 0 bridgehead atoms. The number of urea groups is 1. The fourth-order valence-corrected chi connectivity index (χ4v) is 6.11. The maximum Gasteiger partial charge on any atom is 0.317 e. The molecule has 1 heterocycles. The first-order chi connectivity index (χ1) is 17.0. The van der Waals surface area contributed by atoms with E-state index in [1.165, 1.54) is 4.90 Å². The molecule has 2 aromatic rings. The van der Waals surface area contributed by atoms with Crippen LogP contribution in [0.15, 0.2) is 48.5 Å². The van der Waals surface area contributed by atoms with Gasteiger partial charge in [0, 0.05) is 23.6 Å². The van der Waals surface area contributed by atoms with E-state index in [0.29, 0.717) is 28.9 Å². The van der Waals surface area contributed by atoms with Crippen molar-refractivity contribution in [2.45, 2.75) is 41.8 Å². The molecule has 1 saturated carbocycles. The number of benzene rings is 2. The Morgan fingerprint density at radius 3 is 2.16 bits per heavy atom. The average molecular weight is 504 g/mol. The molecule has 6 nitrogen and oxygen atoms in total. The molecule has 2 amide bonds. The summed E-state index contributed by atoms with van der Waals surface area (Å²) in [6.45, 7) is 0.117. The number of rotatable bonds is 7. The van der Waals surface area contributed by atoms with Crippen LogP contribution in [0.3, 0.4) is 0 Å². The predicted molar refractivity (Wildman–Crippen MR) is 147 cm³/mol. The first kappa shape index (κ1) is 28.0. The molecule has 1 saturated heterocycles. The summed E-state index contributed by atoms with van der Waals surface area (Å²) in [5, 5.41) is -4.67. The zero-order valence-electron chi connectivity index (χ0n) is 20.5. The number of likely N-dealkylation sites (tertiary alicyclic amines) is 1. The zero-order chi connectivity index (χ0) is 27.4. The number of sulfonamides is 1. The highest BCUT2D eigenvalue weighted by Crippen LogP contribution is 2.56.